The molecule has 3 aromatic rings. The summed E-state index contributed by atoms with van der Waals surface area (Å²) in [5, 5.41) is 4.19. The van der Waals surface area contributed by atoms with Crippen LogP contribution in [0.25, 0.3) is 10.9 Å². The molecule has 2 amide bonds. The summed E-state index contributed by atoms with van der Waals surface area (Å²) in [6.07, 6.45) is 4.00. The quantitative estimate of drug-likeness (QED) is 0.578. The highest BCUT2D eigenvalue weighted by molar-refractivity contribution is 6.07. The fourth-order valence-electron chi connectivity index (χ4n) is 3.92. The number of carbonyl (C=O) groups is 2. The lowest BCUT2D eigenvalue weighted by Gasteiger charge is -2.26. The van der Waals surface area contributed by atoms with Crippen LogP contribution in [0.2, 0.25) is 0 Å². The first-order valence-electron chi connectivity index (χ1n) is 10.3. The van der Waals surface area contributed by atoms with E-state index in [4.69, 9.17) is 0 Å². The molecule has 0 aliphatic heterocycles. The molecular formula is C24H27N3O2. The molecule has 0 unspecified atom stereocenters. The first kappa shape index (κ1) is 19.2. The predicted octanol–water partition coefficient (Wildman–Crippen LogP) is 3.66. The Balaban J connectivity index is 1.36. The summed E-state index contributed by atoms with van der Waals surface area (Å²) in [6, 6.07) is 18.1. The van der Waals surface area contributed by atoms with E-state index in [1.807, 2.05) is 61.7 Å². The molecule has 4 rings (SSSR count). The van der Waals surface area contributed by atoms with E-state index in [9.17, 15) is 9.59 Å². The molecule has 0 spiro atoms. The fourth-order valence-corrected chi connectivity index (χ4v) is 3.92. The van der Waals surface area contributed by atoms with Crippen molar-refractivity contribution in [3.8, 4) is 0 Å². The Hall–Kier alpha value is -3.08. The fraction of sp³-hybridized carbons (Fsp3) is 0.333. The summed E-state index contributed by atoms with van der Waals surface area (Å²) >= 11 is 0. The lowest BCUT2D eigenvalue weighted by atomic mass is 10.0. The zero-order chi connectivity index (χ0) is 20.3. The Kier molecular flexibility index (Phi) is 5.38. The van der Waals surface area contributed by atoms with Gasteiger partial charge in [0.1, 0.15) is 5.41 Å². The Bertz CT molecular complexity index is 1010. The van der Waals surface area contributed by atoms with Crippen molar-refractivity contribution in [2.75, 3.05) is 13.1 Å². The Morgan fingerprint density at radius 1 is 1.07 bits per heavy atom. The molecule has 1 aliphatic carbocycles. The summed E-state index contributed by atoms with van der Waals surface area (Å²) < 4.78 is 0. The molecule has 1 heterocycles. The first-order valence-corrected chi connectivity index (χ1v) is 10.3. The number of H-pyrrole nitrogens is 1. The van der Waals surface area contributed by atoms with Gasteiger partial charge in [0, 0.05) is 36.7 Å². The number of rotatable bonds is 8. The second kappa shape index (κ2) is 8.11. The standard InChI is InChI=1S/C24H27N3O2/c1-2-27(17-18-8-4-3-5-9-18)23(29)24(13-14-24)22(28)25-15-12-19-16-26-21-11-7-6-10-20(19)21/h3-11,16,26H,2,12-15,17H2,1H3,(H,25,28). The van der Waals surface area contributed by atoms with Crippen LogP contribution in [0, 0.1) is 5.41 Å². The van der Waals surface area contributed by atoms with Crippen LogP contribution in [0.15, 0.2) is 60.8 Å². The maximum atomic E-state index is 13.1. The number of nitrogens with one attached hydrogen (secondary N) is 2. The summed E-state index contributed by atoms with van der Waals surface area (Å²) in [5.74, 6) is -0.178. The largest absolute Gasteiger partial charge is 0.361 e. The van der Waals surface area contributed by atoms with Crippen molar-refractivity contribution < 1.29 is 9.59 Å². The molecule has 0 bridgehead atoms. The number of para-hydroxylation sites is 1. The summed E-state index contributed by atoms with van der Waals surface area (Å²) in [6.45, 7) is 3.63. The van der Waals surface area contributed by atoms with E-state index < -0.39 is 5.41 Å². The molecule has 5 heteroatoms. The third-order valence-electron chi connectivity index (χ3n) is 5.83. The van der Waals surface area contributed by atoms with Crippen LogP contribution < -0.4 is 5.32 Å². The van der Waals surface area contributed by atoms with Crippen molar-refractivity contribution in [1.29, 1.82) is 0 Å². The first-order chi connectivity index (χ1) is 14.1. The number of aromatic nitrogens is 1. The molecular weight excluding hydrogens is 362 g/mol. The van der Waals surface area contributed by atoms with Crippen LogP contribution in [-0.2, 0) is 22.6 Å². The molecule has 0 radical (unpaired) electrons. The lowest BCUT2D eigenvalue weighted by Crippen LogP contribution is -2.45. The maximum absolute atomic E-state index is 13.1. The number of hydrogen-bond acceptors (Lipinski definition) is 2. The van der Waals surface area contributed by atoms with Gasteiger partial charge >= 0.3 is 0 Å². The summed E-state index contributed by atoms with van der Waals surface area (Å²) in [4.78, 5) is 31.1. The Morgan fingerprint density at radius 3 is 2.52 bits per heavy atom. The van der Waals surface area contributed by atoms with Crippen LogP contribution in [-0.4, -0.2) is 34.8 Å². The third kappa shape index (κ3) is 3.90. The molecule has 2 aromatic carbocycles. The van der Waals surface area contributed by atoms with Gasteiger partial charge < -0.3 is 15.2 Å². The van der Waals surface area contributed by atoms with Crippen LogP contribution in [0.1, 0.15) is 30.9 Å². The lowest BCUT2D eigenvalue weighted by molar-refractivity contribution is -0.144. The second-order valence-electron chi connectivity index (χ2n) is 7.75. The summed E-state index contributed by atoms with van der Waals surface area (Å²) in [5.41, 5.74) is 2.49. The number of aromatic amines is 1. The van der Waals surface area contributed by atoms with E-state index in [0.29, 0.717) is 32.5 Å². The van der Waals surface area contributed by atoms with E-state index >= 15 is 0 Å². The number of fused-ring (bicyclic) bond motifs is 1. The minimum atomic E-state index is -0.870. The van der Waals surface area contributed by atoms with Gasteiger partial charge in [0.15, 0.2) is 0 Å². The van der Waals surface area contributed by atoms with Gasteiger partial charge in [-0.3, -0.25) is 9.59 Å². The monoisotopic (exact) mass is 389 g/mol. The number of benzene rings is 2. The smallest absolute Gasteiger partial charge is 0.238 e. The molecule has 0 atom stereocenters. The Morgan fingerprint density at radius 2 is 1.79 bits per heavy atom. The molecule has 1 aromatic heterocycles. The van der Waals surface area contributed by atoms with Crippen molar-refractivity contribution in [2.45, 2.75) is 32.7 Å². The molecule has 1 fully saturated rings. The highest BCUT2D eigenvalue weighted by Crippen LogP contribution is 2.47. The van der Waals surface area contributed by atoms with Crippen LogP contribution >= 0.6 is 0 Å². The van der Waals surface area contributed by atoms with E-state index in [1.165, 1.54) is 10.9 Å². The van der Waals surface area contributed by atoms with Gasteiger partial charge in [0.25, 0.3) is 0 Å². The molecule has 1 aliphatic rings. The minimum absolute atomic E-state index is 0.0477. The van der Waals surface area contributed by atoms with Gasteiger partial charge in [-0.1, -0.05) is 48.5 Å². The van der Waals surface area contributed by atoms with Gasteiger partial charge in [0.05, 0.1) is 0 Å². The molecule has 1 saturated carbocycles. The Labute approximate surface area is 171 Å². The average molecular weight is 389 g/mol. The van der Waals surface area contributed by atoms with E-state index in [0.717, 1.165) is 17.5 Å². The maximum Gasteiger partial charge on any atom is 0.238 e. The van der Waals surface area contributed by atoms with Crippen molar-refractivity contribution >= 4 is 22.7 Å². The van der Waals surface area contributed by atoms with Crippen molar-refractivity contribution in [3.63, 3.8) is 0 Å². The van der Waals surface area contributed by atoms with E-state index in [-0.39, 0.29) is 11.8 Å². The highest BCUT2D eigenvalue weighted by Gasteiger charge is 2.57. The van der Waals surface area contributed by atoms with Gasteiger partial charge in [-0.2, -0.15) is 0 Å². The second-order valence-corrected chi connectivity index (χ2v) is 7.75. The van der Waals surface area contributed by atoms with Crippen molar-refractivity contribution in [3.05, 3.63) is 71.9 Å². The molecule has 5 nitrogen and oxygen atoms in total. The molecule has 150 valence electrons. The summed E-state index contributed by atoms with van der Waals surface area (Å²) in [7, 11) is 0. The zero-order valence-electron chi connectivity index (χ0n) is 16.8. The van der Waals surface area contributed by atoms with Crippen molar-refractivity contribution in [2.24, 2.45) is 5.41 Å². The molecule has 2 N–H and O–H groups in total. The third-order valence-corrected chi connectivity index (χ3v) is 5.83. The number of amides is 2. The van der Waals surface area contributed by atoms with Gasteiger partial charge in [-0.05, 0) is 43.4 Å². The number of nitrogens with zero attached hydrogens (tertiary/aromatic N) is 1. The van der Waals surface area contributed by atoms with Gasteiger partial charge in [0.2, 0.25) is 11.8 Å². The minimum Gasteiger partial charge on any atom is -0.361 e. The average Bonchev–Trinajstić information content (AvgIpc) is 3.48. The SMILES string of the molecule is CCN(Cc1ccccc1)C(=O)C1(C(=O)NCCc2c[nH]c3ccccc23)CC1. The number of hydrogen-bond donors (Lipinski definition) is 2. The normalized spacial score (nSPS) is 14.5. The molecule has 29 heavy (non-hydrogen) atoms. The van der Waals surface area contributed by atoms with Gasteiger partial charge in [-0.15, -0.1) is 0 Å². The zero-order valence-corrected chi connectivity index (χ0v) is 16.8. The van der Waals surface area contributed by atoms with Crippen LogP contribution in [0.5, 0.6) is 0 Å². The van der Waals surface area contributed by atoms with E-state index in [1.54, 1.807) is 4.90 Å². The van der Waals surface area contributed by atoms with Crippen LogP contribution in [0.3, 0.4) is 0 Å². The van der Waals surface area contributed by atoms with Crippen molar-refractivity contribution in [1.82, 2.24) is 15.2 Å². The predicted molar refractivity (Wildman–Crippen MR) is 114 cm³/mol. The topological polar surface area (TPSA) is 65.2 Å². The van der Waals surface area contributed by atoms with E-state index in [2.05, 4.69) is 16.4 Å². The number of carbonyl (C=O) groups excluding carboxylic acids is 2. The van der Waals surface area contributed by atoms with Crippen LogP contribution in [0.4, 0.5) is 0 Å². The highest BCUT2D eigenvalue weighted by atomic mass is 16.2. The van der Waals surface area contributed by atoms with Gasteiger partial charge in [-0.25, -0.2) is 0 Å². The molecule has 0 saturated heterocycles.